The molecule has 2 heterocycles. The number of hydrogen-bond acceptors (Lipinski definition) is 7. The Morgan fingerprint density at radius 2 is 1.95 bits per heavy atom. The van der Waals surface area contributed by atoms with Crippen molar-refractivity contribution in [1.82, 2.24) is 14.5 Å². The number of nitrogen functional groups attached to an aromatic ring is 1. The van der Waals surface area contributed by atoms with Crippen LogP contribution in [0.2, 0.25) is 0 Å². The molecule has 4 N–H and O–H groups in total. The van der Waals surface area contributed by atoms with Gasteiger partial charge in [0.1, 0.15) is 17.5 Å². The van der Waals surface area contributed by atoms with E-state index in [0.717, 1.165) is 33.9 Å². The number of nitrogens with zero attached hydrogens (tertiary/aromatic N) is 4. The van der Waals surface area contributed by atoms with Crippen LogP contribution in [-0.4, -0.2) is 39.5 Å². The lowest BCUT2D eigenvalue weighted by Gasteiger charge is -2.23. The molecule has 4 rings (SSSR count). The smallest absolute Gasteiger partial charge is 0.307 e. The highest BCUT2D eigenvalue weighted by Crippen LogP contribution is 2.21. The molecule has 0 saturated carbocycles. The van der Waals surface area contributed by atoms with Crippen LogP contribution in [0.5, 0.6) is 0 Å². The summed E-state index contributed by atoms with van der Waals surface area (Å²) in [6.07, 6.45) is 2.04. The molecule has 10 heteroatoms. The molecule has 2 aromatic carbocycles. The normalized spacial score (nSPS) is 10.5. The zero-order chi connectivity index (χ0) is 25.5. The summed E-state index contributed by atoms with van der Waals surface area (Å²) in [7, 11) is 2.00. The number of benzene rings is 2. The Morgan fingerprint density at radius 1 is 1.16 bits per heavy atom. The van der Waals surface area contributed by atoms with Crippen molar-refractivity contribution in [2.45, 2.75) is 26.4 Å². The quantitative estimate of drug-likeness (QED) is 0.153. The SMILES string of the molecule is CCOC(=O)CCN(Cc1ccc2c(c1)nc(CNc1ccc(C(=N)N)cc1)n2C)c1ccccn1.Cl. The predicted octanol–water partition coefficient (Wildman–Crippen LogP) is 4.25. The maximum absolute atomic E-state index is 12.0. The highest BCUT2D eigenvalue weighted by molar-refractivity contribution is 5.95. The van der Waals surface area contributed by atoms with Crippen molar-refractivity contribution < 1.29 is 9.53 Å². The minimum absolute atomic E-state index is 0. The average molecular weight is 522 g/mol. The summed E-state index contributed by atoms with van der Waals surface area (Å²) in [4.78, 5) is 23.4. The fourth-order valence-corrected chi connectivity index (χ4v) is 4.00. The lowest BCUT2D eigenvalue weighted by molar-refractivity contribution is -0.142. The lowest BCUT2D eigenvalue weighted by atomic mass is 10.1. The minimum Gasteiger partial charge on any atom is -0.466 e. The number of halogens is 1. The zero-order valence-electron chi connectivity index (χ0n) is 21.0. The van der Waals surface area contributed by atoms with Crippen LogP contribution >= 0.6 is 12.4 Å². The van der Waals surface area contributed by atoms with Crippen molar-refractivity contribution >= 4 is 46.8 Å². The summed E-state index contributed by atoms with van der Waals surface area (Å²) in [6, 6.07) is 19.4. The van der Waals surface area contributed by atoms with Gasteiger partial charge in [0.25, 0.3) is 0 Å². The molecule has 0 aliphatic carbocycles. The van der Waals surface area contributed by atoms with Crippen LogP contribution in [0.3, 0.4) is 0 Å². The van der Waals surface area contributed by atoms with E-state index in [1.807, 2.05) is 56.4 Å². The van der Waals surface area contributed by atoms with Crippen LogP contribution in [0.4, 0.5) is 11.5 Å². The second kappa shape index (κ2) is 12.7. The predicted molar refractivity (Wildman–Crippen MR) is 149 cm³/mol. The summed E-state index contributed by atoms with van der Waals surface area (Å²) < 4.78 is 7.18. The van der Waals surface area contributed by atoms with Gasteiger partial charge >= 0.3 is 5.97 Å². The van der Waals surface area contributed by atoms with Gasteiger partial charge < -0.3 is 25.3 Å². The van der Waals surface area contributed by atoms with Crippen LogP contribution in [0.25, 0.3) is 11.0 Å². The van der Waals surface area contributed by atoms with Crippen molar-refractivity contribution in [3.05, 3.63) is 83.8 Å². The number of carbonyl (C=O) groups is 1. The third-order valence-corrected chi connectivity index (χ3v) is 5.92. The van der Waals surface area contributed by atoms with Gasteiger partial charge in [-0.1, -0.05) is 12.1 Å². The maximum Gasteiger partial charge on any atom is 0.307 e. The minimum atomic E-state index is -0.216. The highest BCUT2D eigenvalue weighted by atomic mass is 35.5. The number of anilines is 2. The van der Waals surface area contributed by atoms with Gasteiger partial charge in [0, 0.05) is 37.6 Å². The molecule has 0 saturated heterocycles. The lowest BCUT2D eigenvalue weighted by Crippen LogP contribution is -2.27. The number of imidazole rings is 1. The Bertz CT molecular complexity index is 1340. The number of nitrogens with two attached hydrogens (primary N) is 1. The Kier molecular flexibility index (Phi) is 9.45. The van der Waals surface area contributed by atoms with Gasteiger partial charge in [-0.05, 0) is 61.0 Å². The number of ether oxygens (including phenoxy) is 1. The Balaban J connectivity index is 0.00000380. The van der Waals surface area contributed by atoms with Crippen LogP contribution in [0, 0.1) is 5.41 Å². The third-order valence-electron chi connectivity index (χ3n) is 5.92. The molecule has 9 nitrogen and oxygen atoms in total. The summed E-state index contributed by atoms with van der Waals surface area (Å²) in [5, 5.41) is 10.9. The molecule has 2 aromatic heterocycles. The molecule has 0 amide bonds. The second-order valence-corrected chi connectivity index (χ2v) is 8.42. The summed E-state index contributed by atoms with van der Waals surface area (Å²) in [6.45, 7) is 3.84. The molecule has 4 aromatic rings. The Hall–Kier alpha value is -4.11. The molecular weight excluding hydrogens is 490 g/mol. The van der Waals surface area contributed by atoms with E-state index in [-0.39, 0.29) is 24.2 Å². The van der Waals surface area contributed by atoms with E-state index in [1.165, 1.54) is 0 Å². The van der Waals surface area contributed by atoms with Crippen LogP contribution in [0.1, 0.15) is 30.3 Å². The molecule has 0 fully saturated rings. The largest absolute Gasteiger partial charge is 0.466 e. The van der Waals surface area contributed by atoms with Gasteiger partial charge in [-0.2, -0.15) is 0 Å². The molecule has 0 radical (unpaired) electrons. The number of hydrogen-bond donors (Lipinski definition) is 3. The topological polar surface area (TPSA) is 122 Å². The maximum atomic E-state index is 12.0. The first kappa shape index (κ1) is 27.5. The number of esters is 1. The molecule has 0 bridgehead atoms. The van der Waals surface area contributed by atoms with E-state index in [1.54, 1.807) is 6.20 Å². The number of pyridine rings is 1. The molecule has 0 spiro atoms. The van der Waals surface area contributed by atoms with Gasteiger partial charge in [0.15, 0.2) is 0 Å². The molecule has 194 valence electrons. The number of aryl methyl sites for hydroxylation is 1. The van der Waals surface area contributed by atoms with Crippen LogP contribution in [0.15, 0.2) is 66.9 Å². The first-order valence-electron chi connectivity index (χ1n) is 11.9. The standard InChI is InChI=1S/C27H31N7O2.ClH/c1-3-36-26(35)13-15-34(24-6-4-5-14-30-24)18-19-7-12-23-22(16-19)32-25(33(23)2)17-31-21-10-8-20(9-11-21)27(28)29;/h4-12,14,16,31H,3,13,15,17-18H2,1-2H3,(H3,28,29);1H. The Labute approximate surface area is 222 Å². The van der Waals surface area contributed by atoms with E-state index in [9.17, 15) is 4.79 Å². The molecule has 0 aliphatic heterocycles. The van der Waals surface area contributed by atoms with Crippen molar-refractivity contribution in [3.8, 4) is 0 Å². The zero-order valence-corrected chi connectivity index (χ0v) is 21.8. The fraction of sp³-hybridized carbons (Fsp3) is 0.259. The number of fused-ring (bicyclic) bond motifs is 1. The van der Waals surface area contributed by atoms with Gasteiger partial charge in [0.2, 0.25) is 0 Å². The van der Waals surface area contributed by atoms with Crippen LogP contribution in [-0.2, 0) is 29.7 Å². The van der Waals surface area contributed by atoms with E-state index >= 15 is 0 Å². The summed E-state index contributed by atoms with van der Waals surface area (Å²) >= 11 is 0. The van der Waals surface area contributed by atoms with E-state index in [0.29, 0.717) is 38.2 Å². The van der Waals surface area contributed by atoms with Crippen molar-refractivity contribution in [2.75, 3.05) is 23.4 Å². The first-order valence-corrected chi connectivity index (χ1v) is 11.9. The molecule has 0 aliphatic rings. The highest BCUT2D eigenvalue weighted by Gasteiger charge is 2.14. The average Bonchev–Trinajstić information content (AvgIpc) is 3.20. The monoisotopic (exact) mass is 521 g/mol. The van der Waals surface area contributed by atoms with Crippen molar-refractivity contribution in [2.24, 2.45) is 12.8 Å². The molecule has 0 unspecified atom stereocenters. The van der Waals surface area contributed by atoms with Crippen molar-refractivity contribution in [1.29, 1.82) is 5.41 Å². The van der Waals surface area contributed by atoms with Gasteiger partial charge in [-0.25, -0.2) is 9.97 Å². The Morgan fingerprint density at radius 3 is 2.62 bits per heavy atom. The number of aromatic nitrogens is 3. The van der Waals surface area contributed by atoms with Gasteiger partial charge in [0.05, 0.1) is 30.6 Å². The number of carbonyl (C=O) groups excluding carboxylic acids is 1. The number of nitrogens with one attached hydrogen (secondary N) is 2. The van der Waals surface area contributed by atoms with E-state index in [4.69, 9.17) is 20.9 Å². The first-order chi connectivity index (χ1) is 17.4. The van der Waals surface area contributed by atoms with Crippen molar-refractivity contribution in [3.63, 3.8) is 0 Å². The van der Waals surface area contributed by atoms with Gasteiger partial charge in [-0.3, -0.25) is 10.2 Å². The van der Waals surface area contributed by atoms with E-state index < -0.39 is 0 Å². The summed E-state index contributed by atoms with van der Waals surface area (Å²) in [5.74, 6) is 1.55. The summed E-state index contributed by atoms with van der Waals surface area (Å²) in [5.41, 5.74) is 10.2. The molecule has 37 heavy (non-hydrogen) atoms. The number of amidine groups is 1. The fourth-order valence-electron chi connectivity index (χ4n) is 4.00. The van der Waals surface area contributed by atoms with Crippen LogP contribution < -0.4 is 16.0 Å². The molecule has 0 atom stereocenters. The van der Waals surface area contributed by atoms with Gasteiger partial charge in [-0.15, -0.1) is 12.4 Å². The molecular formula is C27H32ClN7O2. The second-order valence-electron chi connectivity index (χ2n) is 8.42. The third kappa shape index (κ3) is 6.98. The van der Waals surface area contributed by atoms with E-state index in [2.05, 4.69) is 38.0 Å². The number of rotatable bonds is 11.